The number of carbonyl (C=O) groups is 1. The Balaban J connectivity index is 2.32. The highest BCUT2D eigenvalue weighted by Gasteiger charge is 2.45. The minimum absolute atomic E-state index is 0.219. The first kappa shape index (κ1) is 12.0. The van der Waals surface area contributed by atoms with E-state index in [9.17, 15) is 13.6 Å². The zero-order valence-electron chi connectivity index (χ0n) is 9.46. The predicted octanol–water partition coefficient (Wildman–Crippen LogP) is 3.64. The number of alkyl halides is 2. The van der Waals surface area contributed by atoms with Crippen LogP contribution in [0.5, 0.6) is 0 Å². The van der Waals surface area contributed by atoms with Crippen LogP contribution in [-0.4, -0.2) is 11.7 Å². The lowest BCUT2D eigenvalue weighted by molar-refractivity contribution is -0.0465. The van der Waals surface area contributed by atoms with Gasteiger partial charge in [0.1, 0.15) is 0 Å². The number of aryl methyl sites for hydroxylation is 1. The molecule has 1 aromatic rings. The van der Waals surface area contributed by atoms with Crippen LogP contribution in [0.25, 0.3) is 0 Å². The van der Waals surface area contributed by atoms with Crippen LogP contribution >= 0.6 is 0 Å². The molecule has 1 unspecified atom stereocenters. The Hall–Kier alpha value is -1.51. The monoisotopic (exact) mass is 236 g/mol. The summed E-state index contributed by atoms with van der Waals surface area (Å²) in [4.78, 5) is 12.0. The molecule has 0 fully saturated rings. The molecular formula is C14H14F2O. The molecule has 0 amide bonds. The number of ketones is 1. The van der Waals surface area contributed by atoms with E-state index in [1.807, 2.05) is 12.1 Å². The zero-order chi connectivity index (χ0) is 12.5. The topological polar surface area (TPSA) is 17.1 Å². The molecule has 0 saturated carbocycles. The molecular weight excluding hydrogens is 222 g/mol. The number of hydrogen-bond donors (Lipinski definition) is 0. The van der Waals surface area contributed by atoms with E-state index in [0.717, 1.165) is 5.56 Å². The van der Waals surface area contributed by atoms with Gasteiger partial charge in [-0.05, 0) is 18.4 Å². The van der Waals surface area contributed by atoms with Gasteiger partial charge < -0.3 is 0 Å². The van der Waals surface area contributed by atoms with Gasteiger partial charge in [0.25, 0.3) is 5.92 Å². The van der Waals surface area contributed by atoms with Crippen molar-refractivity contribution in [3.63, 3.8) is 0 Å². The average Bonchev–Trinajstić information content (AvgIpc) is 2.29. The summed E-state index contributed by atoms with van der Waals surface area (Å²) in [6.07, 6.45) is 1.50. The van der Waals surface area contributed by atoms with Gasteiger partial charge in [-0.1, -0.05) is 30.3 Å². The highest BCUT2D eigenvalue weighted by atomic mass is 19.3. The largest absolute Gasteiger partial charge is 0.294 e. The molecule has 0 aromatic heterocycles. The van der Waals surface area contributed by atoms with E-state index in [4.69, 9.17) is 0 Å². The normalized spacial score (nSPS) is 19.9. The van der Waals surface area contributed by atoms with Gasteiger partial charge in [-0.15, -0.1) is 6.58 Å². The second-order valence-corrected chi connectivity index (χ2v) is 4.37. The van der Waals surface area contributed by atoms with E-state index in [-0.39, 0.29) is 6.42 Å². The fraction of sp³-hybridized carbons (Fsp3) is 0.357. The van der Waals surface area contributed by atoms with Gasteiger partial charge in [0.05, 0.1) is 5.92 Å². The summed E-state index contributed by atoms with van der Waals surface area (Å²) in [5.74, 6) is -4.61. The van der Waals surface area contributed by atoms with Crippen LogP contribution in [0.2, 0.25) is 0 Å². The quantitative estimate of drug-likeness (QED) is 0.732. The third-order valence-electron chi connectivity index (χ3n) is 3.23. The predicted molar refractivity (Wildman–Crippen MR) is 62.3 cm³/mol. The maximum atomic E-state index is 13.8. The number of Topliss-reactive ketones (excluding diaryl/α,β-unsaturated/α-hetero) is 1. The first-order chi connectivity index (χ1) is 8.06. The maximum absolute atomic E-state index is 13.8. The van der Waals surface area contributed by atoms with Crippen molar-refractivity contribution in [1.82, 2.24) is 0 Å². The third kappa shape index (κ3) is 2.14. The second kappa shape index (κ2) is 4.40. The number of benzene rings is 1. The Morgan fingerprint density at radius 2 is 2.12 bits per heavy atom. The molecule has 3 heteroatoms. The van der Waals surface area contributed by atoms with Crippen molar-refractivity contribution in [2.24, 2.45) is 5.92 Å². The van der Waals surface area contributed by atoms with Crippen LogP contribution < -0.4 is 0 Å². The summed E-state index contributed by atoms with van der Waals surface area (Å²) >= 11 is 0. The molecule has 2 rings (SSSR count). The Labute approximate surface area is 99.1 Å². The number of rotatable bonds is 3. The van der Waals surface area contributed by atoms with Crippen LogP contribution in [0.4, 0.5) is 8.78 Å². The summed E-state index contributed by atoms with van der Waals surface area (Å²) < 4.78 is 27.5. The molecule has 0 bridgehead atoms. The summed E-state index contributed by atoms with van der Waals surface area (Å²) in [5, 5.41) is 0. The van der Waals surface area contributed by atoms with E-state index < -0.39 is 24.0 Å². The van der Waals surface area contributed by atoms with Crippen molar-refractivity contribution in [1.29, 1.82) is 0 Å². The Morgan fingerprint density at radius 3 is 2.82 bits per heavy atom. The standard InChI is InChI=1S/C14H14F2O/c1-2-9-14(15,16)12-8-7-10-5-3-4-6-11(10)13(12)17/h2-6,12H,1,7-9H2. The molecule has 1 aliphatic carbocycles. The first-order valence-electron chi connectivity index (χ1n) is 5.67. The fourth-order valence-corrected chi connectivity index (χ4v) is 2.33. The molecule has 1 aromatic carbocycles. The van der Waals surface area contributed by atoms with Gasteiger partial charge in [0.2, 0.25) is 0 Å². The SMILES string of the molecule is C=CCC(F)(F)C1CCc2ccccc2C1=O. The lowest BCUT2D eigenvalue weighted by Crippen LogP contribution is -2.37. The van der Waals surface area contributed by atoms with Crippen molar-refractivity contribution in [2.75, 3.05) is 0 Å². The molecule has 1 nitrogen and oxygen atoms in total. The molecule has 0 radical (unpaired) electrons. The van der Waals surface area contributed by atoms with Gasteiger partial charge >= 0.3 is 0 Å². The minimum atomic E-state index is -2.98. The average molecular weight is 236 g/mol. The summed E-state index contributed by atoms with van der Waals surface area (Å²) in [6, 6.07) is 7.00. The number of halogens is 2. The molecule has 0 N–H and O–H groups in total. The van der Waals surface area contributed by atoms with Crippen LogP contribution in [0, 0.1) is 5.92 Å². The van der Waals surface area contributed by atoms with E-state index in [1.165, 1.54) is 6.08 Å². The number of fused-ring (bicyclic) bond motifs is 1. The van der Waals surface area contributed by atoms with Gasteiger partial charge in [-0.25, -0.2) is 8.78 Å². The Morgan fingerprint density at radius 1 is 1.41 bits per heavy atom. The van der Waals surface area contributed by atoms with E-state index in [2.05, 4.69) is 6.58 Å². The molecule has 1 aliphatic rings. The first-order valence-corrected chi connectivity index (χ1v) is 5.67. The number of carbonyl (C=O) groups excluding carboxylic acids is 1. The highest BCUT2D eigenvalue weighted by molar-refractivity contribution is 6.00. The molecule has 0 heterocycles. The van der Waals surface area contributed by atoms with Crippen molar-refractivity contribution >= 4 is 5.78 Å². The minimum Gasteiger partial charge on any atom is -0.294 e. The lowest BCUT2D eigenvalue weighted by Gasteiger charge is -2.29. The van der Waals surface area contributed by atoms with Crippen LogP contribution in [0.1, 0.15) is 28.8 Å². The van der Waals surface area contributed by atoms with Gasteiger partial charge in [-0.3, -0.25) is 4.79 Å². The van der Waals surface area contributed by atoms with Crippen molar-refractivity contribution in [2.45, 2.75) is 25.2 Å². The zero-order valence-corrected chi connectivity index (χ0v) is 9.46. The summed E-state index contributed by atoms with van der Waals surface area (Å²) in [7, 11) is 0. The Bertz CT molecular complexity index is 451. The molecule has 0 spiro atoms. The molecule has 1 atom stereocenters. The van der Waals surface area contributed by atoms with Gasteiger partial charge in [0, 0.05) is 12.0 Å². The highest BCUT2D eigenvalue weighted by Crippen LogP contribution is 2.38. The van der Waals surface area contributed by atoms with E-state index in [0.29, 0.717) is 12.0 Å². The Kier molecular flexibility index (Phi) is 3.09. The van der Waals surface area contributed by atoms with E-state index >= 15 is 0 Å². The van der Waals surface area contributed by atoms with E-state index in [1.54, 1.807) is 12.1 Å². The molecule has 0 saturated heterocycles. The lowest BCUT2D eigenvalue weighted by atomic mass is 9.78. The third-order valence-corrected chi connectivity index (χ3v) is 3.23. The van der Waals surface area contributed by atoms with Crippen molar-refractivity contribution in [3.8, 4) is 0 Å². The fourth-order valence-electron chi connectivity index (χ4n) is 2.33. The van der Waals surface area contributed by atoms with Crippen molar-refractivity contribution < 1.29 is 13.6 Å². The summed E-state index contributed by atoms with van der Waals surface area (Å²) in [5.41, 5.74) is 1.33. The van der Waals surface area contributed by atoms with Gasteiger partial charge in [0.15, 0.2) is 5.78 Å². The molecule has 0 aliphatic heterocycles. The van der Waals surface area contributed by atoms with Gasteiger partial charge in [-0.2, -0.15) is 0 Å². The van der Waals surface area contributed by atoms with Crippen LogP contribution in [0.3, 0.4) is 0 Å². The molecule has 90 valence electrons. The van der Waals surface area contributed by atoms with Crippen molar-refractivity contribution in [3.05, 3.63) is 48.0 Å². The van der Waals surface area contributed by atoms with Crippen LogP contribution in [0.15, 0.2) is 36.9 Å². The summed E-state index contributed by atoms with van der Waals surface area (Å²) in [6.45, 7) is 3.32. The number of hydrogen-bond acceptors (Lipinski definition) is 1. The number of allylic oxidation sites excluding steroid dienone is 1. The maximum Gasteiger partial charge on any atom is 0.261 e. The molecule has 17 heavy (non-hydrogen) atoms. The second-order valence-electron chi connectivity index (χ2n) is 4.37. The van der Waals surface area contributed by atoms with Crippen LogP contribution in [-0.2, 0) is 6.42 Å². The smallest absolute Gasteiger partial charge is 0.261 e.